The van der Waals surface area contributed by atoms with Gasteiger partial charge in [0, 0.05) is 29.1 Å². The number of para-hydroxylation sites is 1. The number of likely N-dealkylation sites (N-methyl/N-ethyl adjacent to an activating group) is 1. The fourth-order valence-electron chi connectivity index (χ4n) is 4.60. The van der Waals surface area contributed by atoms with Crippen molar-refractivity contribution in [2.45, 2.75) is 6.04 Å². The lowest BCUT2D eigenvalue weighted by atomic mass is 9.83. The van der Waals surface area contributed by atoms with E-state index in [9.17, 15) is 0 Å². The van der Waals surface area contributed by atoms with Gasteiger partial charge < -0.3 is 4.90 Å². The highest BCUT2D eigenvalue weighted by Crippen LogP contribution is 2.44. The third-order valence-electron chi connectivity index (χ3n) is 5.97. The molecule has 5 rings (SSSR count). The Morgan fingerprint density at radius 3 is 2.29 bits per heavy atom. The van der Waals surface area contributed by atoms with Crippen molar-refractivity contribution >= 4 is 40.7 Å². The molecular formula is C26H23Cl2N3. The quantitative estimate of drug-likeness (QED) is 0.452. The lowest BCUT2D eigenvalue weighted by molar-refractivity contribution is 0.303. The third-order valence-corrected chi connectivity index (χ3v) is 6.66. The summed E-state index contributed by atoms with van der Waals surface area (Å²) in [5.41, 5.74) is 5.50. The van der Waals surface area contributed by atoms with Crippen LogP contribution in [-0.2, 0) is 0 Å². The van der Waals surface area contributed by atoms with Crippen molar-refractivity contribution in [3.63, 3.8) is 0 Å². The second-order valence-corrected chi connectivity index (χ2v) is 8.94. The zero-order valence-electron chi connectivity index (χ0n) is 17.2. The van der Waals surface area contributed by atoms with E-state index in [1.165, 1.54) is 5.57 Å². The van der Waals surface area contributed by atoms with Crippen LogP contribution in [0.15, 0.2) is 89.5 Å². The number of halogens is 2. The summed E-state index contributed by atoms with van der Waals surface area (Å²) in [4.78, 5) is 2.35. The molecule has 0 aliphatic carbocycles. The van der Waals surface area contributed by atoms with Crippen LogP contribution in [0.2, 0.25) is 10.0 Å². The molecule has 2 aliphatic rings. The van der Waals surface area contributed by atoms with Crippen molar-refractivity contribution in [2.75, 3.05) is 25.1 Å². The molecule has 31 heavy (non-hydrogen) atoms. The molecule has 0 bridgehead atoms. The van der Waals surface area contributed by atoms with E-state index in [0.29, 0.717) is 0 Å². The van der Waals surface area contributed by atoms with Crippen LogP contribution in [0.1, 0.15) is 17.2 Å². The van der Waals surface area contributed by atoms with Gasteiger partial charge in [0.25, 0.3) is 0 Å². The van der Waals surface area contributed by atoms with Gasteiger partial charge in [0.2, 0.25) is 0 Å². The third kappa shape index (κ3) is 3.89. The second-order valence-electron chi connectivity index (χ2n) is 8.13. The number of piperidine rings is 1. The highest BCUT2D eigenvalue weighted by molar-refractivity contribution is 6.32. The van der Waals surface area contributed by atoms with E-state index >= 15 is 0 Å². The van der Waals surface area contributed by atoms with Crippen LogP contribution in [0, 0.1) is 5.92 Å². The maximum atomic E-state index is 6.69. The Balaban J connectivity index is 1.65. The van der Waals surface area contributed by atoms with Gasteiger partial charge in [0.05, 0.1) is 17.4 Å². The van der Waals surface area contributed by atoms with Gasteiger partial charge in [-0.15, -0.1) is 0 Å². The van der Waals surface area contributed by atoms with Crippen LogP contribution in [0.25, 0.3) is 6.08 Å². The first kappa shape index (κ1) is 20.3. The number of likely N-dealkylation sites (tertiary alicyclic amines) is 1. The number of anilines is 1. The fourth-order valence-corrected chi connectivity index (χ4v) is 5.03. The zero-order chi connectivity index (χ0) is 21.4. The van der Waals surface area contributed by atoms with Gasteiger partial charge in [-0.2, -0.15) is 5.10 Å². The molecule has 0 amide bonds. The van der Waals surface area contributed by atoms with E-state index in [1.807, 2.05) is 48.5 Å². The van der Waals surface area contributed by atoms with Gasteiger partial charge in [0.1, 0.15) is 0 Å². The Kier molecular flexibility index (Phi) is 5.58. The average Bonchev–Trinajstić information content (AvgIpc) is 3.15. The number of hydrogen-bond donors (Lipinski definition) is 0. The first-order chi connectivity index (χ1) is 15.1. The summed E-state index contributed by atoms with van der Waals surface area (Å²) in [5.74, 6) is 0.201. The molecule has 3 nitrogen and oxygen atoms in total. The number of hydrogen-bond acceptors (Lipinski definition) is 3. The monoisotopic (exact) mass is 447 g/mol. The summed E-state index contributed by atoms with van der Waals surface area (Å²) in [6.07, 6.45) is 2.18. The molecule has 0 N–H and O–H groups in total. The van der Waals surface area contributed by atoms with Crippen LogP contribution < -0.4 is 5.01 Å². The summed E-state index contributed by atoms with van der Waals surface area (Å²) in [6.45, 7) is 1.75. The van der Waals surface area contributed by atoms with E-state index in [2.05, 4.69) is 53.4 Å². The smallest absolute Gasteiger partial charge is 0.0886 e. The molecule has 0 spiro atoms. The molecule has 1 fully saturated rings. The predicted octanol–water partition coefficient (Wildman–Crippen LogP) is 6.56. The Labute approximate surface area is 193 Å². The van der Waals surface area contributed by atoms with Crippen molar-refractivity contribution in [3.05, 3.63) is 106 Å². The molecule has 5 heteroatoms. The van der Waals surface area contributed by atoms with E-state index in [-0.39, 0.29) is 12.0 Å². The minimum atomic E-state index is 0.0310. The Morgan fingerprint density at radius 2 is 1.55 bits per heavy atom. The molecule has 0 radical (unpaired) electrons. The fraction of sp³-hybridized carbons (Fsp3) is 0.192. The molecule has 1 saturated heterocycles. The van der Waals surface area contributed by atoms with Gasteiger partial charge in [-0.05, 0) is 54.1 Å². The number of hydrazone groups is 1. The van der Waals surface area contributed by atoms with Gasteiger partial charge in [0.15, 0.2) is 0 Å². The van der Waals surface area contributed by atoms with Crippen molar-refractivity contribution in [3.8, 4) is 0 Å². The van der Waals surface area contributed by atoms with Gasteiger partial charge in [-0.25, -0.2) is 0 Å². The first-order valence-electron chi connectivity index (χ1n) is 10.4. The Morgan fingerprint density at radius 1 is 0.871 bits per heavy atom. The summed E-state index contributed by atoms with van der Waals surface area (Å²) in [6, 6.07) is 26.4. The van der Waals surface area contributed by atoms with E-state index < -0.39 is 0 Å². The predicted molar refractivity (Wildman–Crippen MR) is 131 cm³/mol. The van der Waals surface area contributed by atoms with E-state index in [1.54, 1.807) is 0 Å². The molecule has 0 saturated carbocycles. The molecule has 2 heterocycles. The van der Waals surface area contributed by atoms with E-state index in [0.717, 1.165) is 45.7 Å². The highest BCUT2D eigenvalue weighted by atomic mass is 35.5. The standard InChI is InChI=1S/C26H23Cl2N3/c1-30-16-19(15-18-9-5-7-13-23(18)27)25-22(17-30)26(21-12-6-8-14-24(21)28)31(29-25)20-10-3-2-4-11-20/h2-15,22,26H,16-17H2,1H3/b19-15+/t22-,26+/m0/s1. The van der Waals surface area contributed by atoms with Crippen LogP contribution in [-0.4, -0.2) is 30.7 Å². The Hall–Kier alpha value is -2.59. The molecule has 156 valence electrons. The number of rotatable bonds is 3. The number of fused-ring (bicyclic) bond motifs is 1. The summed E-state index contributed by atoms with van der Waals surface area (Å²) >= 11 is 13.2. The van der Waals surface area contributed by atoms with Gasteiger partial charge >= 0.3 is 0 Å². The topological polar surface area (TPSA) is 18.8 Å². The van der Waals surface area contributed by atoms with Crippen molar-refractivity contribution < 1.29 is 0 Å². The van der Waals surface area contributed by atoms with Crippen molar-refractivity contribution in [1.29, 1.82) is 0 Å². The molecular weight excluding hydrogens is 425 g/mol. The van der Waals surface area contributed by atoms with Crippen LogP contribution in [0.5, 0.6) is 0 Å². The molecule has 3 aromatic carbocycles. The lowest BCUT2D eigenvalue weighted by Gasteiger charge is -2.35. The maximum Gasteiger partial charge on any atom is 0.0886 e. The SMILES string of the molecule is CN1C/C(=C\c2ccccc2Cl)C2=NN(c3ccccc3)[C@H](c3ccccc3Cl)[C@H]2C1. The van der Waals surface area contributed by atoms with Crippen molar-refractivity contribution in [2.24, 2.45) is 11.0 Å². The van der Waals surface area contributed by atoms with Crippen LogP contribution in [0.4, 0.5) is 5.69 Å². The summed E-state index contributed by atoms with van der Waals surface area (Å²) < 4.78 is 0. The average molecular weight is 448 g/mol. The minimum Gasteiger partial charge on any atom is -0.301 e. The molecule has 0 aromatic heterocycles. The van der Waals surface area contributed by atoms with Gasteiger partial charge in [-0.3, -0.25) is 5.01 Å². The minimum absolute atomic E-state index is 0.0310. The molecule has 2 aliphatic heterocycles. The lowest BCUT2D eigenvalue weighted by Crippen LogP contribution is -2.41. The first-order valence-corrected chi connectivity index (χ1v) is 11.2. The molecule has 0 unspecified atom stereocenters. The van der Waals surface area contributed by atoms with Crippen molar-refractivity contribution in [1.82, 2.24) is 4.90 Å². The van der Waals surface area contributed by atoms with Crippen LogP contribution >= 0.6 is 23.2 Å². The molecule has 3 aromatic rings. The maximum absolute atomic E-state index is 6.69. The normalized spacial score (nSPS) is 22.5. The zero-order valence-corrected chi connectivity index (χ0v) is 18.8. The number of nitrogens with zero attached hydrogens (tertiary/aromatic N) is 3. The van der Waals surface area contributed by atoms with Crippen LogP contribution in [0.3, 0.4) is 0 Å². The summed E-state index contributed by atoms with van der Waals surface area (Å²) in [5, 5.41) is 8.84. The second kappa shape index (κ2) is 8.51. The molecule has 2 atom stereocenters. The highest BCUT2D eigenvalue weighted by Gasteiger charge is 2.44. The number of benzene rings is 3. The largest absolute Gasteiger partial charge is 0.301 e. The summed E-state index contributed by atoms with van der Waals surface area (Å²) in [7, 11) is 2.16. The Bertz CT molecular complexity index is 1160. The van der Waals surface area contributed by atoms with Gasteiger partial charge in [-0.1, -0.05) is 77.8 Å². The van der Waals surface area contributed by atoms with E-state index in [4.69, 9.17) is 28.3 Å².